The van der Waals surface area contributed by atoms with Gasteiger partial charge in [0.1, 0.15) is 11.4 Å². The first-order valence-electron chi connectivity index (χ1n) is 7.67. The summed E-state index contributed by atoms with van der Waals surface area (Å²) in [5.74, 6) is -0.607. The van der Waals surface area contributed by atoms with Crippen LogP contribution in [0, 0.1) is 0 Å². The van der Waals surface area contributed by atoms with E-state index in [1.54, 1.807) is 0 Å². The van der Waals surface area contributed by atoms with E-state index in [-0.39, 0.29) is 5.69 Å². The third-order valence-corrected chi connectivity index (χ3v) is 2.99. The van der Waals surface area contributed by atoms with Crippen LogP contribution in [0.4, 0.5) is 36.8 Å². The monoisotopic (exact) mass is 411 g/mol. The smallest absolute Gasteiger partial charge is 0.444 e. The van der Waals surface area contributed by atoms with Gasteiger partial charge in [0, 0.05) is 0 Å². The van der Waals surface area contributed by atoms with Crippen molar-refractivity contribution in [1.82, 2.24) is 9.78 Å². The van der Waals surface area contributed by atoms with Crippen LogP contribution in [0.25, 0.3) is 5.69 Å². The lowest BCUT2D eigenvalue weighted by Crippen LogP contribution is -2.28. The van der Waals surface area contributed by atoms with Crippen LogP contribution in [-0.4, -0.2) is 27.8 Å². The number of rotatable bonds is 3. The van der Waals surface area contributed by atoms with E-state index >= 15 is 0 Å². The van der Waals surface area contributed by atoms with Crippen LogP contribution in [-0.2, 0) is 10.9 Å². The molecular weight excluding hydrogens is 396 g/mol. The van der Waals surface area contributed by atoms with E-state index in [2.05, 4.69) is 9.84 Å². The molecule has 0 fully saturated rings. The highest BCUT2D eigenvalue weighted by molar-refractivity contribution is 5.85. The molecule has 0 aliphatic heterocycles. The minimum absolute atomic E-state index is 0.195. The summed E-state index contributed by atoms with van der Waals surface area (Å²) in [5.41, 5.74) is -3.13. The molecule has 1 amide bonds. The number of hydrogen-bond donors (Lipinski definition) is 1. The fourth-order valence-corrected chi connectivity index (χ4v) is 2.11. The lowest BCUT2D eigenvalue weighted by molar-refractivity contribution is -0.274. The molecule has 0 saturated heterocycles. The van der Waals surface area contributed by atoms with Crippen molar-refractivity contribution in [3.8, 4) is 11.4 Å². The first-order valence-corrected chi connectivity index (χ1v) is 7.67. The molecule has 1 N–H and O–H groups in total. The number of hydrogen-bond acceptors (Lipinski definition) is 4. The topological polar surface area (TPSA) is 65.4 Å². The first-order chi connectivity index (χ1) is 12.7. The standard InChI is InChI=1S/C16H15F6N3O3/c1-14(2,3)28-13(26)24-11-8-23-25(12(11)15(17,18)19)9-4-6-10(7-5-9)27-16(20,21)22/h4-8H,1-3H3,(H,24,26). The molecule has 1 aromatic carbocycles. The Hall–Kier alpha value is -2.92. The maximum Gasteiger partial charge on any atom is 0.573 e. The molecule has 0 saturated carbocycles. The van der Waals surface area contributed by atoms with Crippen molar-refractivity contribution in [3.05, 3.63) is 36.2 Å². The third kappa shape index (κ3) is 5.79. The maximum atomic E-state index is 13.5. The van der Waals surface area contributed by atoms with Gasteiger partial charge in [-0.05, 0) is 45.0 Å². The highest BCUT2D eigenvalue weighted by Crippen LogP contribution is 2.37. The Kier molecular flexibility index (Phi) is 5.53. The molecule has 28 heavy (non-hydrogen) atoms. The van der Waals surface area contributed by atoms with Gasteiger partial charge in [-0.2, -0.15) is 18.3 Å². The predicted molar refractivity (Wildman–Crippen MR) is 85.1 cm³/mol. The van der Waals surface area contributed by atoms with E-state index in [1.807, 2.05) is 5.32 Å². The van der Waals surface area contributed by atoms with Crippen LogP contribution in [0.2, 0.25) is 0 Å². The summed E-state index contributed by atoms with van der Waals surface area (Å²) in [6.45, 7) is 4.60. The molecule has 0 aliphatic carbocycles. The van der Waals surface area contributed by atoms with E-state index in [0.29, 0.717) is 4.68 Å². The molecule has 2 rings (SSSR count). The summed E-state index contributed by atoms with van der Waals surface area (Å²) in [6, 6.07) is 3.60. The fourth-order valence-electron chi connectivity index (χ4n) is 2.11. The van der Waals surface area contributed by atoms with Gasteiger partial charge in [0.2, 0.25) is 0 Å². The van der Waals surface area contributed by atoms with Gasteiger partial charge in [0.25, 0.3) is 0 Å². The fraction of sp³-hybridized carbons (Fsp3) is 0.375. The minimum Gasteiger partial charge on any atom is -0.444 e. The number of ether oxygens (including phenoxy) is 2. The van der Waals surface area contributed by atoms with Gasteiger partial charge >= 0.3 is 18.6 Å². The molecule has 2 aromatic rings. The Bertz CT molecular complexity index is 835. The second-order valence-corrected chi connectivity index (χ2v) is 6.49. The number of anilines is 1. The van der Waals surface area contributed by atoms with E-state index in [0.717, 1.165) is 30.5 Å². The quantitative estimate of drug-likeness (QED) is 0.711. The van der Waals surface area contributed by atoms with Crippen LogP contribution in [0.1, 0.15) is 26.5 Å². The van der Waals surface area contributed by atoms with Crippen LogP contribution in [0.5, 0.6) is 5.75 Å². The van der Waals surface area contributed by atoms with E-state index in [1.165, 1.54) is 20.8 Å². The molecule has 154 valence electrons. The third-order valence-electron chi connectivity index (χ3n) is 2.99. The first kappa shape index (κ1) is 21.4. The van der Waals surface area contributed by atoms with Crippen molar-refractivity contribution in [2.75, 3.05) is 5.32 Å². The second-order valence-electron chi connectivity index (χ2n) is 6.49. The minimum atomic E-state index is -4.94. The molecule has 6 nitrogen and oxygen atoms in total. The van der Waals surface area contributed by atoms with Gasteiger partial charge in [0.15, 0.2) is 5.69 Å². The van der Waals surface area contributed by atoms with E-state index < -0.39 is 41.4 Å². The number of aromatic nitrogens is 2. The van der Waals surface area contributed by atoms with E-state index in [4.69, 9.17) is 4.74 Å². The van der Waals surface area contributed by atoms with Gasteiger partial charge < -0.3 is 9.47 Å². The number of carbonyl (C=O) groups excluding carboxylic acids is 1. The SMILES string of the molecule is CC(C)(C)OC(=O)Nc1cnn(-c2ccc(OC(F)(F)F)cc2)c1C(F)(F)F. The lowest BCUT2D eigenvalue weighted by Gasteiger charge is -2.20. The summed E-state index contributed by atoms with van der Waals surface area (Å²) in [6.07, 6.45) is -10.2. The molecule has 1 heterocycles. The van der Waals surface area contributed by atoms with Crippen molar-refractivity contribution >= 4 is 11.8 Å². The molecule has 0 unspecified atom stereocenters. The van der Waals surface area contributed by atoms with Crippen LogP contribution in [0.3, 0.4) is 0 Å². The zero-order valence-corrected chi connectivity index (χ0v) is 14.8. The Morgan fingerprint density at radius 3 is 2.07 bits per heavy atom. The summed E-state index contributed by atoms with van der Waals surface area (Å²) < 4.78 is 86.0. The Labute approximate surface area is 155 Å². The molecule has 0 spiro atoms. The van der Waals surface area contributed by atoms with Crippen LogP contribution >= 0.6 is 0 Å². The molecular formula is C16H15F6N3O3. The zero-order chi connectivity index (χ0) is 21.3. The predicted octanol–water partition coefficient (Wildman–Crippen LogP) is 5.14. The number of halogens is 6. The van der Waals surface area contributed by atoms with Crippen molar-refractivity contribution in [2.45, 2.75) is 38.9 Å². The Morgan fingerprint density at radius 1 is 1.04 bits per heavy atom. The van der Waals surface area contributed by atoms with Crippen LogP contribution in [0.15, 0.2) is 30.5 Å². The Balaban J connectivity index is 2.35. The average molecular weight is 411 g/mol. The van der Waals surface area contributed by atoms with Gasteiger partial charge in [-0.15, -0.1) is 13.2 Å². The average Bonchev–Trinajstić information content (AvgIpc) is 2.87. The van der Waals surface area contributed by atoms with Gasteiger partial charge in [-0.1, -0.05) is 0 Å². The number of nitrogens with one attached hydrogen (secondary N) is 1. The molecule has 12 heteroatoms. The number of alkyl halides is 6. The molecule has 1 aromatic heterocycles. The highest BCUT2D eigenvalue weighted by Gasteiger charge is 2.39. The molecule has 0 bridgehead atoms. The van der Waals surface area contributed by atoms with Gasteiger partial charge in [0.05, 0.1) is 17.6 Å². The molecule has 0 atom stereocenters. The van der Waals surface area contributed by atoms with Crippen molar-refractivity contribution in [1.29, 1.82) is 0 Å². The lowest BCUT2D eigenvalue weighted by atomic mass is 10.2. The van der Waals surface area contributed by atoms with Gasteiger partial charge in [-0.3, -0.25) is 5.32 Å². The normalized spacial score (nSPS) is 12.6. The van der Waals surface area contributed by atoms with Crippen LogP contribution < -0.4 is 10.1 Å². The second kappa shape index (κ2) is 7.24. The number of benzene rings is 1. The van der Waals surface area contributed by atoms with Crippen molar-refractivity contribution in [2.24, 2.45) is 0 Å². The Morgan fingerprint density at radius 2 is 1.61 bits per heavy atom. The highest BCUT2D eigenvalue weighted by atomic mass is 19.4. The molecule has 0 aliphatic rings. The molecule has 0 radical (unpaired) electrons. The van der Waals surface area contributed by atoms with Gasteiger partial charge in [-0.25, -0.2) is 9.48 Å². The maximum absolute atomic E-state index is 13.5. The largest absolute Gasteiger partial charge is 0.573 e. The summed E-state index contributed by atoms with van der Waals surface area (Å²) in [7, 11) is 0. The van der Waals surface area contributed by atoms with Crippen molar-refractivity contribution < 1.29 is 40.6 Å². The van der Waals surface area contributed by atoms with Crippen molar-refractivity contribution in [3.63, 3.8) is 0 Å². The number of nitrogens with zero attached hydrogens (tertiary/aromatic N) is 2. The number of amides is 1. The number of carbonyl (C=O) groups is 1. The summed E-state index contributed by atoms with van der Waals surface area (Å²) >= 11 is 0. The zero-order valence-electron chi connectivity index (χ0n) is 14.8. The summed E-state index contributed by atoms with van der Waals surface area (Å²) in [4.78, 5) is 11.8. The van der Waals surface area contributed by atoms with E-state index in [9.17, 15) is 31.1 Å². The summed E-state index contributed by atoms with van der Waals surface area (Å²) in [5, 5.41) is 5.54.